The fourth-order valence-electron chi connectivity index (χ4n) is 3.32. The molecule has 1 aliphatic heterocycles. The van der Waals surface area contributed by atoms with E-state index in [4.69, 9.17) is 0 Å². The summed E-state index contributed by atoms with van der Waals surface area (Å²) in [7, 11) is 0. The molecule has 1 aliphatic rings. The predicted octanol–water partition coefficient (Wildman–Crippen LogP) is 2.43. The minimum atomic E-state index is -0.00346. The van der Waals surface area contributed by atoms with Crippen LogP contribution in [0.5, 0.6) is 0 Å². The Hall–Kier alpha value is -3.48. The van der Waals surface area contributed by atoms with Crippen molar-refractivity contribution in [2.45, 2.75) is 6.92 Å². The first-order valence-electron chi connectivity index (χ1n) is 9.21. The Morgan fingerprint density at radius 1 is 0.929 bits per heavy atom. The van der Waals surface area contributed by atoms with E-state index in [1.165, 1.54) is 0 Å². The van der Waals surface area contributed by atoms with E-state index >= 15 is 0 Å². The van der Waals surface area contributed by atoms with Crippen molar-refractivity contribution in [2.75, 3.05) is 31.1 Å². The van der Waals surface area contributed by atoms with Crippen LogP contribution in [0.1, 0.15) is 27.6 Å². The van der Waals surface area contributed by atoms with Crippen LogP contribution < -0.4 is 4.90 Å². The molecule has 2 aromatic heterocycles. The lowest BCUT2D eigenvalue weighted by Crippen LogP contribution is -2.48. The first kappa shape index (κ1) is 17.9. The molecule has 1 saturated heterocycles. The van der Waals surface area contributed by atoms with Gasteiger partial charge in [-0.15, -0.1) is 0 Å². The second-order valence-corrected chi connectivity index (χ2v) is 6.76. The highest BCUT2D eigenvalue weighted by molar-refractivity contribution is 5.95. The van der Waals surface area contributed by atoms with E-state index in [0.717, 1.165) is 24.6 Å². The molecular weight excluding hydrogens is 354 g/mol. The van der Waals surface area contributed by atoms with Crippen LogP contribution in [-0.2, 0) is 0 Å². The van der Waals surface area contributed by atoms with Gasteiger partial charge in [0.25, 0.3) is 5.91 Å². The zero-order valence-corrected chi connectivity index (χ0v) is 15.7. The fourth-order valence-corrected chi connectivity index (χ4v) is 3.32. The zero-order valence-electron chi connectivity index (χ0n) is 15.7. The fraction of sp³-hybridized carbons (Fsp3) is 0.238. The van der Waals surface area contributed by atoms with Gasteiger partial charge in [-0.3, -0.25) is 14.2 Å². The number of amides is 1. The SMILES string of the molecule is CC(=O)c1ccc(N2CCN(C(=O)c3ccc(-n4ccnc4)nc3)CC2)cc1. The highest BCUT2D eigenvalue weighted by atomic mass is 16.2. The highest BCUT2D eigenvalue weighted by Crippen LogP contribution is 2.19. The lowest BCUT2D eigenvalue weighted by atomic mass is 10.1. The maximum absolute atomic E-state index is 12.8. The van der Waals surface area contributed by atoms with Gasteiger partial charge in [0, 0.05) is 56.0 Å². The van der Waals surface area contributed by atoms with Gasteiger partial charge in [0.15, 0.2) is 5.78 Å². The Kier molecular flexibility index (Phi) is 4.89. The number of rotatable bonds is 4. The molecule has 0 saturated carbocycles. The number of anilines is 1. The number of piperazine rings is 1. The molecule has 4 rings (SSSR count). The number of carbonyl (C=O) groups excluding carboxylic acids is 2. The second-order valence-electron chi connectivity index (χ2n) is 6.76. The molecule has 0 spiro atoms. The van der Waals surface area contributed by atoms with Gasteiger partial charge >= 0.3 is 0 Å². The first-order valence-corrected chi connectivity index (χ1v) is 9.21. The monoisotopic (exact) mass is 375 g/mol. The molecule has 7 nitrogen and oxygen atoms in total. The van der Waals surface area contributed by atoms with Crippen LogP contribution in [0.15, 0.2) is 61.3 Å². The van der Waals surface area contributed by atoms with Crippen LogP contribution in [0.2, 0.25) is 0 Å². The number of nitrogens with zero attached hydrogens (tertiary/aromatic N) is 5. The maximum Gasteiger partial charge on any atom is 0.255 e. The van der Waals surface area contributed by atoms with Crippen LogP contribution in [0, 0.1) is 0 Å². The Morgan fingerprint density at radius 2 is 1.64 bits per heavy atom. The number of hydrogen-bond acceptors (Lipinski definition) is 5. The number of aromatic nitrogens is 3. The van der Waals surface area contributed by atoms with Crippen molar-refractivity contribution in [3.8, 4) is 5.82 Å². The van der Waals surface area contributed by atoms with E-state index in [2.05, 4.69) is 14.9 Å². The van der Waals surface area contributed by atoms with Crippen molar-refractivity contribution in [3.63, 3.8) is 0 Å². The molecular formula is C21H21N5O2. The summed E-state index contributed by atoms with van der Waals surface area (Å²) in [6.07, 6.45) is 6.79. The van der Waals surface area contributed by atoms with Gasteiger partial charge in [-0.25, -0.2) is 9.97 Å². The Bertz CT molecular complexity index is 957. The summed E-state index contributed by atoms with van der Waals surface area (Å²) in [4.78, 5) is 36.6. The summed E-state index contributed by atoms with van der Waals surface area (Å²) in [5, 5.41) is 0. The summed E-state index contributed by atoms with van der Waals surface area (Å²) in [5.74, 6) is 0.791. The van der Waals surface area contributed by atoms with Gasteiger partial charge in [-0.2, -0.15) is 0 Å². The molecule has 3 heterocycles. The lowest BCUT2D eigenvalue weighted by molar-refractivity contribution is 0.0746. The number of imidazole rings is 1. The third kappa shape index (κ3) is 3.64. The number of ketones is 1. The van der Waals surface area contributed by atoms with Crippen LogP contribution >= 0.6 is 0 Å². The van der Waals surface area contributed by atoms with Crippen LogP contribution in [0.4, 0.5) is 5.69 Å². The van der Waals surface area contributed by atoms with Gasteiger partial charge in [0.1, 0.15) is 12.1 Å². The van der Waals surface area contributed by atoms with Crippen molar-refractivity contribution < 1.29 is 9.59 Å². The Morgan fingerprint density at radius 3 is 2.21 bits per heavy atom. The van der Waals surface area contributed by atoms with E-state index in [1.807, 2.05) is 41.4 Å². The van der Waals surface area contributed by atoms with Gasteiger partial charge in [-0.1, -0.05) is 0 Å². The van der Waals surface area contributed by atoms with E-state index < -0.39 is 0 Å². The zero-order chi connectivity index (χ0) is 19.5. The Balaban J connectivity index is 1.38. The number of benzene rings is 1. The molecule has 1 amide bonds. The van der Waals surface area contributed by atoms with Crippen molar-refractivity contribution in [1.29, 1.82) is 0 Å². The molecule has 0 aliphatic carbocycles. The predicted molar refractivity (Wildman–Crippen MR) is 106 cm³/mol. The second kappa shape index (κ2) is 7.64. The third-order valence-electron chi connectivity index (χ3n) is 4.97. The smallest absolute Gasteiger partial charge is 0.255 e. The molecule has 3 aromatic rings. The number of carbonyl (C=O) groups is 2. The average Bonchev–Trinajstić information content (AvgIpc) is 3.28. The molecule has 1 fully saturated rings. The summed E-state index contributed by atoms with van der Waals surface area (Å²) in [6.45, 7) is 4.38. The van der Waals surface area contributed by atoms with Gasteiger partial charge in [0.2, 0.25) is 0 Å². The molecule has 0 bridgehead atoms. The van der Waals surface area contributed by atoms with Crippen LogP contribution in [0.25, 0.3) is 5.82 Å². The van der Waals surface area contributed by atoms with Crippen molar-refractivity contribution >= 4 is 17.4 Å². The molecule has 1 aromatic carbocycles. The van der Waals surface area contributed by atoms with E-state index in [-0.39, 0.29) is 11.7 Å². The highest BCUT2D eigenvalue weighted by Gasteiger charge is 2.22. The van der Waals surface area contributed by atoms with E-state index in [1.54, 1.807) is 36.3 Å². The number of Topliss-reactive ketones (excluding diaryl/α,β-unsaturated/α-hetero) is 1. The number of pyridine rings is 1. The topological polar surface area (TPSA) is 71.3 Å². The Labute approximate surface area is 163 Å². The summed E-state index contributed by atoms with van der Waals surface area (Å²) >= 11 is 0. The van der Waals surface area contributed by atoms with Crippen molar-refractivity contribution in [2.24, 2.45) is 0 Å². The summed E-state index contributed by atoms with van der Waals surface area (Å²) in [6, 6.07) is 11.3. The molecule has 0 atom stereocenters. The summed E-state index contributed by atoms with van der Waals surface area (Å²) in [5.41, 5.74) is 2.37. The van der Waals surface area contributed by atoms with Crippen LogP contribution in [-0.4, -0.2) is 57.3 Å². The largest absolute Gasteiger partial charge is 0.368 e. The molecule has 28 heavy (non-hydrogen) atoms. The maximum atomic E-state index is 12.8. The van der Waals surface area contributed by atoms with E-state index in [9.17, 15) is 9.59 Å². The molecule has 7 heteroatoms. The van der Waals surface area contributed by atoms with Crippen LogP contribution in [0.3, 0.4) is 0 Å². The van der Waals surface area contributed by atoms with Gasteiger partial charge < -0.3 is 9.80 Å². The average molecular weight is 375 g/mol. The van der Waals surface area contributed by atoms with E-state index in [0.29, 0.717) is 24.2 Å². The molecule has 0 radical (unpaired) electrons. The molecule has 0 unspecified atom stereocenters. The standard InChI is InChI=1S/C21H21N5O2/c1-16(27)17-2-5-19(6-3-17)24-10-12-25(13-11-24)21(28)18-4-7-20(23-14-18)26-9-8-22-15-26/h2-9,14-15H,10-13H2,1H3. The summed E-state index contributed by atoms with van der Waals surface area (Å²) < 4.78 is 1.80. The lowest BCUT2D eigenvalue weighted by Gasteiger charge is -2.36. The van der Waals surface area contributed by atoms with Gasteiger partial charge in [0.05, 0.1) is 5.56 Å². The third-order valence-corrected chi connectivity index (χ3v) is 4.97. The normalized spacial score (nSPS) is 14.2. The molecule has 142 valence electrons. The quantitative estimate of drug-likeness (QED) is 0.655. The van der Waals surface area contributed by atoms with Gasteiger partial charge in [-0.05, 0) is 43.3 Å². The first-order chi connectivity index (χ1) is 13.6. The number of hydrogen-bond donors (Lipinski definition) is 0. The minimum absolute atomic E-state index is 0.00346. The minimum Gasteiger partial charge on any atom is -0.368 e. The van der Waals surface area contributed by atoms with Crippen molar-refractivity contribution in [3.05, 3.63) is 72.4 Å². The van der Waals surface area contributed by atoms with Crippen molar-refractivity contribution in [1.82, 2.24) is 19.4 Å². The molecule has 0 N–H and O–H groups in total.